The molecule has 0 aliphatic carbocycles. The van der Waals surface area contributed by atoms with E-state index < -0.39 is 0 Å². The van der Waals surface area contributed by atoms with Crippen LogP contribution in [-0.4, -0.2) is 18.3 Å². The molecule has 0 atom stereocenters. The number of rotatable bonds is 1. The van der Waals surface area contributed by atoms with Crippen LogP contribution >= 0.6 is 0 Å². The third kappa shape index (κ3) is 12.8. The number of quaternary nitrogens is 1. The predicted octanol–water partition coefficient (Wildman–Crippen LogP) is -1.78. The van der Waals surface area contributed by atoms with E-state index in [9.17, 15) is 0 Å². The predicted molar refractivity (Wildman–Crippen MR) is 14.8 cm³/mol. The minimum atomic E-state index is 0. The van der Waals surface area contributed by atoms with Crippen molar-refractivity contribution in [3.63, 3.8) is 0 Å². The summed E-state index contributed by atoms with van der Waals surface area (Å²) in [5, 5.41) is 7.81. The molecule has 0 aliphatic rings. The Morgan fingerprint density at radius 1 is 1.60 bits per heavy atom. The van der Waals surface area contributed by atoms with Crippen LogP contribution in [0.4, 0.5) is 0 Å². The van der Waals surface area contributed by atoms with Crippen LogP contribution in [0.25, 0.3) is 0 Å². The van der Waals surface area contributed by atoms with Crippen LogP contribution in [0.2, 0.25) is 0 Å². The molecule has 31 valence electrons. The van der Waals surface area contributed by atoms with Gasteiger partial charge in [0.25, 0.3) is 0 Å². The molecular weight excluding hydrogens is 109 g/mol. The summed E-state index contributed by atoms with van der Waals surface area (Å²) < 4.78 is 0. The Hall–Kier alpha value is 0.439. The Bertz CT molecular complexity index is 11.6. The van der Waals surface area contributed by atoms with Crippen molar-refractivity contribution in [2.24, 2.45) is 0 Å². The van der Waals surface area contributed by atoms with Crippen molar-refractivity contribution in [3.05, 3.63) is 0 Å². The molecule has 2 nitrogen and oxygen atoms in total. The molecule has 0 fully saturated rings. The fourth-order valence-electron chi connectivity index (χ4n) is 0. The molecule has 0 heterocycles. The summed E-state index contributed by atoms with van der Waals surface area (Å²) in [4.78, 5) is 0. The van der Waals surface area contributed by atoms with Gasteiger partial charge >= 0.3 is 17.1 Å². The zero-order chi connectivity index (χ0) is 3.41. The average Bonchev–Trinajstić information content (AvgIpc) is 1.37. The first-order valence-corrected chi connectivity index (χ1v) is 1.32. The van der Waals surface area contributed by atoms with E-state index in [4.69, 9.17) is 5.11 Å². The number of aliphatic hydroxyl groups excluding tert-OH is 1. The summed E-state index contributed by atoms with van der Waals surface area (Å²) >= 11 is 0. The second-order valence-electron chi connectivity index (χ2n) is 0.577. The molecule has 3 heteroatoms. The summed E-state index contributed by atoms with van der Waals surface area (Å²) in [6.07, 6.45) is 0. The molecule has 0 saturated heterocycles. The average molecular weight is 117 g/mol. The summed E-state index contributed by atoms with van der Waals surface area (Å²) in [5.74, 6) is 0. The monoisotopic (exact) mass is 117 g/mol. The van der Waals surface area contributed by atoms with E-state index in [1.54, 1.807) is 0 Å². The molecule has 0 aliphatic heterocycles. The van der Waals surface area contributed by atoms with Gasteiger partial charge in [-0.1, -0.05) is 0 Å². The van der Waals surface area contributed by atoms with Crippen LogP contribution < -0.4 is 5.73 Å². The zero-order valence-corrected chi connectivity index (χ0v) is 4.13. The van der Waals surface area contributed by atoms with Gasteiger partial charge in [0.05, 0.1) is 13.2 Å². The first-order valence-electron chi connectivity index (χ1n) is 1.32. The Labute approximate surface area is 41.8 Å². The third-order valence-corrected chi connectivity index (χ3v) is 0.158. The molecule has 0 aromatic heterocycles. The van der Waals surface area contributed by atoms with E-state index in [2.05, 4.69) is 5.73 Å². The largest absolute Gasteiger partial charge is 2.00 e. The van der Waals surface area contributed by atoms with Gasteiger partial charge < -0.3 is 10.8 Å². The van der Waals surface area contributed by atoms with Crippen molar-refractivity contribution in [3.8, 4) is 0 Å². The molecule has 0 unspecified atom stereocenters. The number of hydrogen-bond acceptors (Lipinski definition) is 1. The minimum Gasteiger partial charge on any atom is -0.391 e. The van der Waals surface area contributed by atoms with Crippen molar-refractivity contribution in [1.82, 2.24) is 0 Å². The van der Waals surface area contributed by atoms with Gasteiger partial charge in [0.15, 0.2) is 0 Å². The maximum atomic E-state index is 7.81. The van der Waals surface area contributed by atoms with Crippen LogP contribution in [0.1, 0.15) is 0 Å². The molecule has 0 saturated carbocycles. The van der Waals surface area contributed by atoms with Crippen molar-refractivity contribution in [2.45, 2.75) is 0 Å². The fraction of sp³-hybridized carbons (Fsp3) is 1.00. The van der Waals surface area contributed by atoms with Crippen LogP contribution in [0.3, 0.4) is 0 Å². The summed E-state index contributed by atoms with van der Waals surface area (Å²) in [7, 11) is 0. The second-order valence-corrected chi connectivity index (χ2v) is 0.577. The molecule has 5 heavy (non-hydrogen) atoms. The maximum absolute atomic E-state index is 7.81. The van der Waals surface area contributed by atoms with Crippen molar-refractivity contribution in [2.75, 3.05) is 13.2 Å². The number of hydrogen-bond donors (Lipinski definition) is 2. The van der Waals surface area contributed by atoms with E-state index in [1.165, 1.54) is 0 Å². The molecule has 4 N–H and O–H groups in total. The second kappa shape index (κ2) is 8.83. The molecular formula is C2H8MnNO+3. The molecule has 0 spiro atoms. The summed E-state index contributed by atoms with van der Waals surface area (Å²) in [6.45, 7) is 0.833. The smallest absolute Gasteiger partial charge is 0.391 e. The Kier molecular flexibility index (Phi) is 16.0. The fourth-order valence-corrected chi connectivity index (χ4v) is 0. The van der Waals surface area contributed by atoms with Gasteiger partial charge in [-0.2, -0.15) is 0 Å². The van der Waals surface area contributed by atoms with E-state index >= 15 is 0 Å². The van der Waals surface area contributed by atoms with E-state index in [0.717, 1.165) is 0 Å². The molecule has 0 bridgehead atoms. The van der Waals surface area contributed by atoms with Crippen molar-refractivity contribution < 1.29 is 27.9 Å². The number of aliphatic hydroxyl groups is 1. The van der Waals surface area contributed by atoms with Crippen LogP contribution in [-0.2, 0) is 17.1 Å². The summed E-state index contributed by atoms with van der Waals surface area (Å²) in [5.41, 5.74) is 3.35. The van der Waals surface area contributed by atoms with Gasteiger partial charge in [0.1, 0.15) is 0 Å². The molecule has 1 radical (unpaired) electrons. The van der Waals surface area contributed by atoms with E-state index in [1.807, 2.05) is 0 Å². The van der Waals surface area contributed by atoms with Crippen molar-refractivity contribution in [1.29, 1.82) is 0 Å². The molecule has 0 aromatic carbocycles. The minimum absolute atomic E-state index is 0. The van der Waals surface area contributed by atoms with Gasteiger partial charge in [-0.05, 0) is 0 Å². The molecule has 0 rings (SSSR count). The first-order chi connectivity index (χ1) is 1.91. The normalized spacial score (nSPS) is 6.00. The van der Waals surface area contributed by atoms with Gasteiger partial charge in [0, 0.05) is 0 Å². The topological polar surface area (TPSA) is 47.9 Å². The summed E-state index contributed by atoms with van der Waals surface area (Å²) in [6, 6.07) is 0. The van der Waals surface area contributed by atoms with Crippen LogP contribution in [0, 0.1) is 0 Å². The SMILES string of the molecule is [Mn+2].[NH3+]CCO. The van der Waals surface area contributed by atoms with Crippen LogP contribution in [0.15, 0.2) is 0 Å². The van der Waals surface area contributed by atoms with Gasteiger partial charge in [-0.15, -0.1) is 0 Å². The van der Waals surface area contributed by atoms with Gasteiger partial charge in [-0.25, -0.2) is 0 Å². The standard InChI is InChI=1S/C2H7NO.Mn/c3-1-2-4;/h4H,1-3H2;/q;+2/p+1. The van der Waals surface area contributed by atoms with Crippen molar-refractivity contribution >= 4 is 0 Å². The van der Waals surface area contributed by atoms with E-state index in [0.29, 0.717) is 6.54 Å². The van der Waals surface area contributed by atoms with Gasteiger partial charge in [0.2, 0.25) is 0 Å². The Morgan fingerprint density at radius 2 is 1.80 bits per heavy atom. The van der Waals surface area contributed by atoms with Crippen LogP contribution in [0.5, 0.6) is 0 Å². The third-order valence-electron chi connectivity index (χ3n) is 0.158. The maximum Gasteiger partial charge on any atom is 2.00 e. The Balaban J connectivity index is 0. The Morgan fingerprint density at radius 3 is 1.80 bits per heavy atom. The molecule has 0 aromatic rings. The van der Waals surface area contributed by atoms with E-state index in [-0.39, 0.29) is 23.7 Å². The zero-order valence-electron chi connectivity index (χ0n) is 2.95. The quantitative estimate of drug-likeness (QED) is 0.392. The van der Waals surface area contributed by atoms with Gasteiger partial charge in [-0.3, -0.25) is 0 Å². The molecule has 0 amide bonds. The first kappa shape index (κ1) is 9.06.